The van der Waals surface area contributed by atoms with E-state index in [-0.39, 0.29) is 25.5 Å². The van der Waals surface area contributed by atoms with Crippen LogP contribution in [0.1, 0.15) is 20.3 Å². The molecule has 0 saturated heterocycles. The van der Waals surface area contributed by atoms with E-state index in [2.05, 4.69) is 10.6 Å². The van der Waals surface area contributed by atoms with Crippen molar-refractivity contribution in [1.29, 1.82) is 0 Å². The molecule has 0 aromatic carbocycles. The highest BCUT2D eigenvalue weighted by Gasteiger charge is 2.16. The highest BCUT2D eigenvalue weighted by atomic mass is 16.5. The van der Waals surface area contributed by atoms with Gasteiger partial charge in [-0.3, -0.25) is 9.59 Å². The van der Waals surface area contributed by atoms with E-state index in [0.717, 1.165) is 0 Å². The fraction of sp³-hybridized carbons (Fsp3) is 0.833. The van der Waals surface area contributed by atoms with Crippen LogP contribution in [0.5, 0.6) is 0 Å². The Hall–Kier alpha value is -1.18. The van der Waals surface area contributed by atoms with E-state index < -0.39 is 18.1 Å². The first-order chi connectivity index (χ1) is 9.01. The molecule has 0 fully saturated rings. The predicted molar refractivity (Wildman–Crippen MR) is 69.6 cm³/mol. The Kier molecular flexibility index (Phi) is 10.1. The first-order valence-corrected chi connectivity index (χ1v) is 6.35. The van der Waals surface area contributed by atoms with E-state index in [1.165, 1.54) is 0 Å². The molecular formula is C12H24N2O5. The van der Waals surface area contributed by atoms with Crippen molar-refractivity contribution in [3.05, 3.63) is 0 Å². The van der Waals surface area contributed by atoms with Crippen molar-refractivity contribution in [3.63, 3.8) is 0 Å². The van der Waals surface area contributed by atoms with Gasteiger partial charge >= 0.3 is 5.97 Å². The molecule has 0 aromatic heterocycles. The number of nitrogens with one attached hydrogen (secondary N) is 2. The lowest BCUT2D eigenvalue weighted by Gasteiger charge is -2.16. The second-order valence-electron chi connectivity index (χ2n) is 4.08. The van der Waals surface area contributed by atoms with Crippen LogP contribution in [0, 0.1) is 0 Å². The SMILES string of the molecule is CCOC(=O)CC(O)CNC(C)C(=O)NCCOC. The number of ether oxygens (including phenoxy) is 2. The minimum atomic E-state index is -0.867. The number of rotatable bonds is 10. The maximum atomic E-state index is 11.6. The number of carbonyl (C=O) groups is 2. The molecule has 19 heavy (non-hydrogen) atoms. The van der Waals surface area contributed by atoms with Crippen molar-refractivity contribution in [1.82, 2.24) is 10.6 Å². The molecule has 0 aliphatic heterocycles. The van der Waals surface area contributed by atoms with E-state index in [0.29, 0.717) is 13.2 Å². The lowest BCUT2D eigenvalue weighted by molar-refractivity contribution is -0.145. The second-order valence-corrected chi connectivity index (χ2v) is 4.08. The fourth-order valence-electron chi connectivity index (χ4n) is 1.32. The van der Waals surface area contributed by atoms with Gasteiger partial charge in [-0.05, 0) is 13.8 Å². The Balaban J connectivity index is 3.78. The Bertz CT molecular complexity index is 273. The zero-order valence-corrected chi connectivity index (χ0v) is 11.8. The smallest absolute Gasteiger partial charge is 0.308 e. The average molecular weight is 276 g/mol. The minimum absolute atomic E-state index is 0.0845. The lowest BCUT2D eigenvalue weighted by Crippen LogP contribution is -2.45. The summed E-state index contributed by atoms with van der Waals surface area (Å²) >= 11 is 0. The summed E-state index contributed by atoms with van der Waals surface area (Å²) in [5.41, 5.74) is 0. The summed E-state index contributed by atoms with van der Waals surface area (Å²) in [5.74, 6) is -0.630. The van der Waals surface area contributed by atoms with E-state index in [1.54, 1.807) is 21.0 Å². The molecule has 1 amide bonds. The quantitative estimate of drug-likeness (QED) is 0.351. The summed E-state index contributed by atoms with van der Waals surface area (Å²) in [4.78, 5) is 22.7. The number of hydrogen-bond acceptors (Lipinski definition) is 6. The maximum absolute atomic E-state index is 11.6. The molecular weight excluding hydrogens is 252 g/mol. The van der Waals surface area contributed by atoms with Crippen molar-refractivity contribution in [2.24, 2.45) is 0 Å². The van der Waals surface area contributed by atoms with Gasteiger partial charge in [-0.25, -0.2) is 0 Å². The van der Waals surface area contributed by atoms with Crippen molar-refractivity contribution in [3.8, 4) is 0 Å². The Morgan fingerprint density at radius 1 is 1.37 bits per heavy atom. The Morgan fingerprint density at radius 2 is 2.05 bits per heavy atom. The summed E-state index contributed by atoms with van der Waals surface area (Å²) in [5, 5.41) is 15.1. The van der Waals surface area contributed by atoms with E-state index in [4.69, 9.17) is 9.47 Å². The van der Waals surface area contributed by atoms with Gasteiger partial charge in [0.15, 0.2) is 0 Å². The third-order valence-corrected chi connectivity index (χ3v) is 2.37. The highest BCUT2D eigenvalue weighted by Crippen LogP contribution is 1.94. The van der Waals surface area contributed by atoms with Crippen LogP contribution in [0.2, 0.25) is 0 Å². The Morgan fingerprint density at radius 3 is 2.63 bits per heavy atom. The predicted octanol–water partition coefficient (Wildman–Crippen LogP) is -0.959. The van der Waals surface area contributed by atoms with Crippen molar-refractivity contribution < 1.29 is 24.2 Å². The number of aliphatic hydroxyl groups is 1. The van der Waals surface area contributed by atoms with Crippen LogP contribution in [0.15, 0.2) is 0 Å². The largest absolute Gasteiger partial charge is 0.466 e. The number of aliphatic hydroxyl groups excluding tert-OH is 1. The van der Waals surface area contributed by atoms with Gasteiger partial charge in [-0.2, -0.15) is 0 Å². The third-order valence-electron chi connectivity index (χ3n) is 2.37. The van der Waals surface area contributed by atoms with Crippen LogP contribution in [0.25, 0.3) is 0 Å². The zero-order chi connectivity index (χ0) is 14.7. The molecule has 0 saturated carbocycles. The molecule has 0 heterocycles. The standard InChI is InChI=1S/C12H24N2O5/c1-4-19-11(16)7-10(15)8-14-9(2)12(17)13-5-6-18-3/h9-10,14-15H,4-8H2,1-3H3,(H,13,17). The molecule has 2 atom stereocenters. The summed E-state index contributed by atoms with van der Waals surface area (Å²) in [6.45, 7) is 4.71. The van der Waals surface area contributed by atoms with Gasteiger partial charge < -0.3 is 25.2 Å². The maximum Gasteiger partial charge on any atom is 0.308 e. The number of amides is 1. The van der Waals surface area contributed by atoms with Crippen LogP contribution < -0.4 is 10.6 Å². The van der Waals surface area contributed by atoms with Crippen LogP contribution in [0.4, 0.5) is 0 Å². The number of esters is 1. The van der Waals surface area contributed by atoms with Gasteiger partial charge in [0.25, 0.3) is 0 Å². The lowest BCUT2D eigenvalue weighted by atomic mass is 10.2. The van der Waals surface area contributed by atoms with E-state index in [9.17, 15) is 14.7 Å². The second kappa shape index (κ2) is 10.7. The summed E-state index contributed by atoms with van der Waals surface area (Å²) < 4.78 is 9.52. The molecule has 112 valence electrons. The molecule has 0 aliphatic rings. The topological polar surface area (TPSA) is 96.9 Å². The van der Waals surface area contributed by atoms with Gasteiger partial charge in [0, 0.05) is 20.2 Å². The molecule has 0 radical (unpaired) electrons. The minimum Gasteiger partial charge on any atom is -0.466 e. The molecule has 7 nitrogen and oxygen atoms in total. The van der Waals surface area contributed by atoms with Gasteiger partial charge in [-0.1, -0.05) is 0 Å². The van der Waals surface area contributed by atoms with E-state index >= 15 is 0 Å². The van der Waals surface area contributed by atoms with Gasteiger partial charge in [0.2, 0.25) is 5.91 Å². The summed E-state index contributed by atoms with van der Waals surface area (Å²) in [6.07, 6.45) is -0.952. The molecule has 2 unspecified atom stereocenters. The monoisotopic (exact) mass is 276 g/mol. The molecule has 0 aliphatic carbocycles. The zero-order valence-electron chi connectivity index (χ0n) is 11.8. The first-order valence-electron chi connectivity index (χ1n) is 6.35. The van der Waals surface area contributed by atoms with Crippen molar-refractivity contribution in [2.45, 2.75) is 32.4 Å². The molecule has 0 spiro atoms. The van der Waals surface area contributed by atoms with Crippen LogP contribution in [0.3, 0.4) is 0 Å². The Labute approximate surface area is 113 Å². The van der Waals surface area contributed by atoms with Crippen LogP contribution in [-0.2, 0) is 19.1 Å². The molecule has 0 rings (SSSR count). The number of methoxy groups -OCH3 is 1. The average Bonchev–Trinajstić information content (AvgIpc) is 2.36. The van der Waals surface area contributed by atoms with Gasteiger partial charge in [-0.15, -0.1) is 0 Å². The summed E-state index contributed by atoms with van der Waals surface area (Å²) in [7, 11) is 1.56. The normalized spacial score (nSPS) is 13.7. The van der Waals surface area contributed by atoms with Gasteiger partial charge in [0.05, 0.1) is 31.8 Å². The van der Waals surface area contributed by atoms with Gasteiger partial charge in [0.1, 0.15) is 0 Å². The highest BCUT2D eigenvalue weighted by molar-refractivity contribution is 5.81. The van der Waals surface area contributed by atoms with Crippen molar-refractivity contribution >= 4 is 11.9 Å². The number of carbonyl (C=O) groups excluding carboxylic acids is 2. The van der Waals surface area contributed by atoms with Crippen LogP contribution >= 0.6 is 0 Å². The number of hydrogen-bond donors (Lipinski definition) is 3. The van der Waals surface area contributed by atoms with Crippen molar-refractivity contribution in [2.75, 3.05) is 33.4 Å². The van der Waals surface area contributed by atoms with E-state index in [1.807, 2.05) is 0 Å². The molecule has 3 N–H and O–H groups in total. The van der Waals surface area contributed by atoms with Crippen LogP contribution in [-0.4, -0.2) is 62.5 Å². The molecule has 0 aromatic rings. The first kappa shape index (κ1) is 17.8. The molecule has 7 heteroatoms. The third kappa shape index (κ3) is 9.40. The molecule has 0 bridgehead atoms. The fourth-order valence-corrected chi connectivity index (χ4v) is 1.32. The summed E-state index contributed by atoms with van der Waals surface area (Å²) in [6, 6.07) is -0.450.